The number of aliphatic imine (C=N–C) groups is 4. The predicted molar refractivity (Wildman–Crippen MR) is 227 cm³/mol. The number of benzene rings is 5. The number of allylic oxidation sites excluding steroid dienone is 2. The molecule has 0 saturated carbocycles. The van der Waals surface area contributed by atoms with Gasteiger partial charge in [-0.25, -0.2) is 9.98 Å². The molecule has 0 radical (unpaired) electrons. The number of hydrogen-bond acceptors (Lipinski definition) is 8. The zero-order valence-corrected chi connectivity index (χ0v) is 31.7. The first-order valence-corrected chi connectivity index (χ1v) is 18.5. The molecule has 12 nitrogen and oxygen atoms in total. The van der Waals surface area contributed by atoms with Gasteiger partial charge in [-0.05, 0) is 49.4 Å². The maximum Gasteiger partial charge on any atom is 0.257 e. The molecule has 8 rings (SSSR count). The van der Waals surface area contributed by atoms with E-state index in [9.17, 15) is 19.2 Å². The zero-order chi connectivity index (χ0) is 40.4. The molecule has 0 atom stereocenters. The summed E-state index contributed by atoms with van der Waals surface area (Å²) in [4.78, 5) is 66.1. The number of fused-ring (bicyclic) bond motifs is 3. The van der Waals surface area contributed by atoms with Crippen molar-refractivity contribution in [3.8, 4) is 0 Å². The van der Waals surface area contributed by atoms with Gasteiger partial charge in [0.25, 0.3) is 23.6 Å². The average Bonchev–Trinajstić information content (AvgIpc) is 3.88. The number of nitrogens with zero attached hydrogens (tertiary/aromatic N) is 4. The Kier molecular flexibility index (Phi) is 11.7. The van der Waals surface area contributed by atoms with Crippen LogP contribution in [0.2, 0.25) is 0 Å². The van der Waals surface area contributed by atoms with Crippen molar-refractivity contribution in [2.45, 2.75) is 13.3 Å². The van der Waals surface area contributed by atoms with Gasteiger partial charge in [-0.3, -0.25) is 29.2 Å². The molecule has 0 unspecified atom stereocenters. The maximum atomic E-state index is 12.1. The SMILES string of the molecule is C/C=C(\C/C=C\CN=C1NC(=O)c2ccccc21)N=C1NC(=O)c2ccccc21.CNC(=O)c1ccccc1C=Nc1cccc(N=C2NC(=O)c3ccccc32)c1. The molecule has 12 heteroatoms. The van der Waals surface area contributed by atoms with E-state index in [1.165, 1.54) is 0 Å². The van der Waals surface area contributed by atoms with Crippen LogP contribution in [0.5, 0.6) is 0 Å². The van der Waals surface area contributed by atoms with Gasteiger partial charge in [-0.15, -0.1) is 0 Å². The Morgan fingerprint density at radius 2 is 1.16 bits per heavy atom. The van der Waals surface area contributed by atoms with Crippen molar-refractivity contribution < 1.29 is 19.2 Å². The average molecular weight is 767 g/mol. The minimum absolute atomic E-state index is 0.116. The molecule has 3 heterocycles. The molecule has 3 aliphatic heterocycles. The van der Waals surface area contributed by atoms with Crippen LogP contribution in [0.1, 0.15) is 77.0 Å². The maximum absolute atomic E-state index is 12.1. The summed E-state index contributed by atoms with van der Waals surface area (Å²) in [6.45, 7) is 2.37. The van der Waals surface area contributed by atoms with Gasteiger partial charge in [0.15, 0.2) is 0 Å². The fourth-order valence-electron chi connectivity index (χ4n) is 6.35. The standard InChI is InChI=1S/C23H18N4O2.C23H20N4O2/c1-24-22(28)18-10-3-2-7-15(18)14-25-16-8-6-9-17(13-16)26-21-19-11-4-5-12-20(19)23(29)27-21;1-2-15(25-21-17-11-4-6-13-19(17)23(29)27-21)9-7-8-14-24-20-16-10-3-5-12-18(16)22(28)26-20/h2-14H,1H3,(H,24,28)(H,26,27,29);2-8,10-13H,9,14H2,1H3,(H,24,26,28)(H,25,27,29)/b;8-7-,15-2+. The van der Waals surface area contributed by atoms with Crippen LogP contribution in [-0.2, 0) is 0 Å². The van der Waals surface area contributed by atoms with Crippen LogP contribution in [0.4, 0.5) is 11.4 Å². The van der Waals surface area contributed by atoms with E-state index in [0.29, 0.717) is 64.1 Å². The lowest BCUT2D eigenvalue weighted by molar-refractivity contribution is 0.0958. The number of amidine groups is 3. The molecule has 3 aliphatic rings. The summed E-state index contributed by atoms with van der Waals surface area (Å²) in [7, 11) is 1.60. The van der Waals surface area contributed by atoms with Gasteiger partial charge in [0.2, 0.25) is 0 Å². The van der Waals surface area contributed by atoms with Crippen LogP contribution in [0, 0.1) is 0 Å². The number of carbonyl (C=O) groups is 4. The van der Waals surface area contributed by atoms with E-state index in [-0.39, 0.29) is 23.6 Å². The van der Waals surface area contributed by atoms with Crippen molar-refractivity contribution in [1.82, 2.24) is 21.3 Å². The third-order valence-electron chi connectivity index (χ3n) is 9.27. The molecular formula is C46H38N8O4. The highest BCUT2D eigenvalue weighted by Gasteiger charge is 2.26. The van der Waals surface area contributed by atoms with Gasteiger partial charge in [0, 0.05) is 53.2 Å². The molecule has 5 aromatic carbocycles. The molecule has 286 valence electrons. The Hall–Kier alpha value is -7.86. The first kappa shape index (κ1) is 38.4. The van der Waals surface area contributed by atoms with Crippen LogP contribution in [0.15, 0.2) is 165 Å². The Labute approximate surface area is 335 Å². The first-order valence-electron chi connectivity index (χ1n) is 18.5. The van der Waals surface area contributed by atoms with Gasteiger partial charge in [0.1, 0.15) is 17.5 Å². The normalized spacial score (nSPS) is 16.2. The van der Waals surface area contributed by atoms with Crippen LogP contribution < -0.4 is 21.3 Å². The van der Waals surface area contributed by atoms with Gasteiger partial charge < -0.3 is 21.3 Å². The molecule has 4 N–H and O–H groups in total. The third-order valence-corrected chi connectivity index (χ3v) is 9.27. The van der Waals surface area contributed by atoms with E-state index < -0.39 is 0 Å². The number of rotatable bonds is 9. The largest absolute Gasteiger partial charge is 0.355 e. The third kappa shape index (κ3) is 8.66. The summed E-state index contributed by atoms with van der Waals surface area (Å²) in [6.07, 6.45) is 8.11. The Morgan fingerprint density at radius 1 is 0.621 bits per heavy atom. The fourth-order valence-corrected chi connectivity index (χ4v) is 6.35. The Balaban J connectivity index is 0.000000177. The highest BCUT2D eigenvalue weighted by molar-refractivity contribution is 6.25. The molecule has 0 saturated heterocycles. The Bertz CT molecular complexity index is 2640. The second-order valence-corrected chi connectivity index (χ2v) is 13.0. The van der Waals surface area contributed by atoms with Crippen molar-refractivity contribution in [3.63, 3.8) is 0 Å². The molecule has 0 bridgehead atoms. The number of hydrogen-bond donors (Lipinski definition) is 4. The molecule has 5 aromatic rings. The molecule has 0 fully saturated rings. The minimum Gasteiger partial charge on any atom is -0.355 e. The van der Waals surface area contributed by atoms with Gasteiger partial charge in [-0.1, -0.05) is 97.1 Å². The summed E-state index contributed by atoms with van der Waals surface area (Å²) >= 11 is 0. The first-order chi connectivity index (χ1) is 28.3. The smallest absolute Gasteiger partial charge is 0.257 e. The summed E-state index contributed by atoms with van der Waals surface area (Å²) in [5.74, 6) is 1.15. The summed E-state index contributed by atoms with van der Waals surface area (Å²) in [5.41, 5.74) is 7.85. The minimum atomic E-state index is -0.164. The second kappa shape index (κ2) is 17.7. The van der Waals surface area contributed by atoms with E-state index in [4.69, 9.17) is 0 Å². The van der Waals surface area contributed by atoms with Crippen molar-refractivity contribution in [3.05, 3.63) is 190 Å². The number of carbonyl (C=O) groups excluding carboxylic acids is 4. The fraction of sp³-hybridized carbons (Fsp3) is 0.0870. The summed E-state index contributed by atoms with van der Waals surface area (Å²) < 4.78 is 0. The Morgan fingerprint density at radius 3 is 1.79 bits per heavy atom. The van der Waals surface area contributed by atoms with Gasteiger partial charge in [0.05, 0.1) is 34.6 Å². The van der Waals surface area contributed by atoms with Crippen LogP contribution in [0.3, 0.4) is 0 Å². The lowest BCUT2D eigenvalue weighted by Gasteiger charge is -2.04. The lowest BCUT2D eigenvalue weighted by Crippen LogP contribution is -2.21. The molecule has 0 aliphatic carbocycles. The molecule has 0 spiro atoms. The van der Waals surface area contributed by atoms with E-state index in [1.54, 1.807) is 37.5 Å². The van der Waals surface area contributed by atoms with Crippen LogP contribution >= 0.6 is 0 Å². The van der Waals surface area contributed by atoms with Crippen molar-refractivity contribution in [2.24, 2.45) is 20.0 Å². The van der Waals surface area contributed by atoms with E-state index in [2.05, 4.69) is 41.2 Å². The monoisotopic (exact) mass is 766 g/mol. The topological polar surface area (TPSA) is 166 Å². The van der Waals surface area contributed by atoms with Crippen molar-refractivity contribution >= 4 is 58.7 Å². The molecule has 4 amide bonds. The van der Waals surface area contributed by atoms with Gasteiger partial charge in [-0.2, -0.15) is 0 Å². The number of nitrogens with one attached hydrogen (secondary N) is 4. The molecule has 58 heavy (non-hydrogen) atoms. The summed E-state index contributed by atoms with van der Waals surface area (Å²) in [6, 6.07) is 36.8. The van der Waals surface area contributed by atoms with Gasteiger partial charge >= 0.3 is 0 Å². The van der Waals surface area contributed by atoms with Crippen LogP contribution in [-0.4, -0.2) is 60.9 Å². The van der Waals surface area contributed by atoms with Crippen molar-refractivity contribution in [2.75, 3.05) is 13.6 Å². The lowest BCUT2D eigenvalue weighted by atomic mass is 10.1. The second-order valence-electron chi connectivity index (χ2n) is 13.0. The van der Waals surface area contributed by atoms with E-state index in [0.717, 1.165) is 28.0 Å². The molecule has 0 aromatic heterocycles. The van der Waals surface area contributed by atoms with E-state index >= 15 is 0 Å². The quantitative estimate of drug-likeness (QED) is 0.0955. The summed E-state index contributed by atoms with van der Waals surface area (Å²) in [5, 5.41) is 11.0. The zero-order valence-electron chi connectivity index (χ0n) is 31.7. The number of amides is 4. The van der Waals surface area contributed by atoms with E-state index in [1.807, 2.05) is 122 Å². The molecular weight excluding hydrogens is 729 g/mol. The highest BCUT2D eigenvalue weighted by atomic mass is 16.2. The predicted octanol–water partition coefficient (Wildman–Crippen LogP) is 6.84. The van der Waals surface area contributed by atoms with Crippen LogP contribution in [0.25, 0.3) is 0 Å². The van der Waals surface area contributed by atoms with Crippen molar-refractivity contribution in [1.29, 1.82) is 0 Å². The highest BCUT2D eigenvalue weighted by Crippen LogP contribution is 2.24.